The van der Waals surface area contributed by atoms with Crippen molar-refractivity contribution in [3.05, 3.63) is 39.9 Å². The number of carbonyl (C=O) groups is 1. The van der Waals surface area contributed by atoms with Crippen LogP contribution in [0.5, 0.6) is 0 Å². The van der Waals surface area contributed by atoms with Crippen LogP contribution in [0.3, 0.4) is 0 Å². The van der Waals surface area contributed by atoms with E-state index in [-0.39, 0.29) is 16.5 Å². The van der Waals surface area contributed by atoms with Crippen LogP contribution in [0.4, 0.5) is 0 Å². The van der Waals surface area contributed by atoms with E-state index in [1.54, 1.807) is 6.92 Å². The predicted molar refractivity (Wildman–Crippen MR) is 73.4 cm³/mol. The largest absolute Gasteiger partial charge is 0.478 e. The average molecular weight is 324 g/mol. The van der Waals surface area contributed by atoms with Crippen molar-refractivity contribution in [1.29, 1.82) is 0 Å². The summed E-state index contributed by atoms with van der Waals surface area (Å²) in [6, 6.07) is 2.32. The molecule has 0 unspecified atom stereocenters. The predicted octanol–water partition coefficient (Wildman–Crippen LogP) is 2.55. The first-order valence-electron chi connectivity index (χ1n) is 5.02. The SMILES string of the molecule is C=C(C)CNS(=O)(=O)c1ccc(Cl)c(C(=O)O)c1Cl. The van der Waals surface area contributed by atoms with E-state index < -0.39 is 26.6 Å². The number of halogens is 2. The monoisotopic (exact) mass is 323 g/mol. The lowest BCUT2D eigenvalue weighted by Crippen LogP contribution is -2.26. The fraction of sp³-hybridized carbons (Fsp3) is 0.182. The average Bonchev–Trinajstić information content (AvgIpc) is 2.25. The number of hydrogen-bond donors (Lipinski definition) is 2. The van der Waals surface area contributed by atoms with Crippen LogP contribution in [-0.2, 0) is 10.0 Å². The minimum atomic E-state index is -3.92. The van der Waals surface area contributed by atoms with E-state index >= 15 is 0 Å². The number of carboxylic acid groups (broad SMARTS) is 1. The van der Waals surface area contributed by atoms with Gasteiger partial charge in [0.15, 0.2) is 0 Å². The van der Waals surface area contributed by atoms with Crippen LogP contribution in [0.25, 0.3) is 0 Å². The Hall–Kier alpha value is -1.08. The van der Waals surface area contributed by atoms with Crippen LogP contribution in [0.15, 0.2) is 29.2 Å². The fourth-order valence-electron chi connectivity index (χ4n) is 1.23. The molecular weight excluding hydrogens is 313 g/mol. The highest BCUT2D eigenvalue weighted by atomic mass is 35.5. The number of rotatable bonds is 5. The summed E-state index contributed by atoms with van der Waals surface area (Å²) in [6.07, 6.45) is 0. The lowest BCUT2D eigenvalue weighted by molar-refractivity contribution is 0.0697. The molecule has 0 radical (unpaired) electrons. The number of hydrogen-bond acceptors (Lipinski definition) is 3. The van der Waals surface area contributed by atoms with Gasteiger partial charge in [0.25, 0.3) is 0 Å². The molecule has 8 heteroatoms. The second-order valence-corrected chi connectivity index (χ2v) is 6.34. The number of nitrogens with one attached hydrogen (secondary N) is 1. The maximum absolute atomic E-state index is 12.0. The van der Waals surface area contributed by atoms with Crippen LogP contribution < -0.4 is 4.72 Å². The normalized spacial score (nSPS) is 11.3. The first-order valence-corrected chi connectivity index (χ1v) is 7.26. The highest BCUT2D eigenvalue weighted by Gasteiger charge is 2.24. The van der Waals surface area contributed by atoms with Crippen molar-refractivity contribution in [2.45, 2.75) is 11.8 Å². The first kappa shape index (κ1) is 16.0. The molecule has 19 heavy (non-hydrogen) atoms. The molecule has 0 heterocycles. The van der Waals surface area contributed by atoms with E-state index in [2.05, 4.69) is 11.3 Å². The van der Waals surface area contributed by atoms with Crippen LogP contribution in [0, 0.1) is 0 Å². The van der Waals surface area contributed by atoms with E-state index in [1.165, 1.54) is 6.07 Å². The third kappa shape index (κ3) is 3.70. The molecule has 104 valence electrons. The molecule has 5 nitrogen and oxygen atoms in total. The summed E-state index contributed by atoms with van der Waals surface area (Å²) in [5.41, 5.74) is 0.161. The zero-order valence-corrected chi connectivity index (χ0v) is 12.2. The van der Waals surface area contributed by atoms with Crippen molar-refractivity contribution < 1.29 is 18.3 Å². The standard InChI is InChI=1S/C11H11Cl2NO4S/c1-6(2)5-14-19(17,18)8-4-3-7(12)9(10(8)13)11(15)16/h3-4,14H,1,5H2,2H3,(H,15,16). The van der Waals surface area contributed by atoms with Crippen LogP contribution in [0.1, 0.15) is 17.3 Å². The van der Waals surface area contributed by atoms with Gasteiger partial charge in [0.05, 0.1) is 15.6 Å². The van der Waals surface area contributed by atoms with Crippen LogP contribution in [-0.4, -0.2) is 26.0 Å². The lowest BCUT2D eigenvalue weighted by Gasteiger charge is -2.10. The zero-order valence-electron chi connectivity index (χ0n) is 9.91. The van der Waals surface area contributed by atoms with E-state index in [0.29, 0.717) is 5.57 Å². The Bertz CT molecular complexity index is 640. The Labute approximate surface area is 120 Å². The van der Waals surface area contributed by atoms with Gasteiger partial charge >= 0.3 is 5.97 Å². The van der Waals surface area contributed by atoms with Crippen molar-refractivity contribution >= 4 is 39.2 Å². The third-order valence-electron chi connectivity index (χ3n) is 2.12. The van der Waals surface area contributed by atoms with Crippen molar-refractivity contribution in [1.82, 2.24) is 4.72 Å². The Morgan fingerprint density at radius 1 is 1.42 bits per heavy atom. The van der Waals surface area contributed by atoms with Gasteiger partial charge in [-0.15, -0.1) is 0 Å². The molecule has 0 aliphatic rings. The summed E-state index contributed by atoms with van der Waals surface area (Å²) in [5.74, 6) is -1.40. The molecule has 0 aliphatic carbocycles. The van der Waals surface area contributed by atoms with Crippen molar-refractivity contribution in [2.24, 2.45) is 0 Å². The van der Waals surface area contributed by atoms with E-state index in [0.717, 1.165) is 6.07 Å². The highest BCUT2D eigenvalue weighted by molar-refractivity contribution is 7.89. The van der Waals surface area contributed by atoms with Gasteiger partial charge in [0, 0.05) is 6.54 Å². The van der Waals surface area contributed by atoms with E-state index in [4.69, 9.17) is 28.3 Å². The van der Waals surface area contributed by atoms with Gasteiger partial charge in [-0.05, 0) is 19.1 Å². The lowest BCUT2D eigenvalue weighted by atomic mass is 10.2. The molecule has 0 spiro atoms. The Morgan fingerprint density at radius 3 is 2.47 bits per heavy atom. The molecule has 0 saturated carbocycles. The first-order chi connectivity index (χ1) is 8.66. The Morgan fingerprint density at radius 2 is 2.00 bits per heavy atom. The summed E-state index contributed by atoms with van der Waals surface area (Å²) in [5, 5.41) is 8.41. The van der Waals surface area contributed by atoms with Gasteiger partial charge in [0.2, 0.25) is 10.0 Å². The smallest absolute Gasteiger partial charge is 0.338 e. The molecule has 0 bridgehead atoms. The second kappa shape index (κ2) is 5.92. The van der Waals surface area contributed by atoms with Gasteiger partial charge in [-0.2, -0.15) is 0 Å². The molecule has 1 rings (SSSR count). The number of benzene rings is 1. The summed E-state index contributed by atoms with van der Waals surface area (Å²) < 4.78 is 26.2. The molecule has 0 fully saturated rings. The number of aromatic carboxylic acids is 1. The molecule has 1 aromatic rings. The summed E-state index contributed by atoms with van der Waals surface area (Å²) in [6.45, 7) is 5.24. The topological polar surface area (TPSA) is 83.5 Å². The minimum Gasteiger partial charge on any atom is -0.478 e. The Balaban J connectivity index is 3.33. The molecule has 0 saturated heterocycles. The van der Waals surface area contributed by atoms with E-state index in [1.807, 2.05) is 0 Å². The summed E-state index contributed by atoms with van der Waals surface area (Å²) >= 11 is 11.5. The number of carboxylic acids is 1. The molecular formula is C11H11Cl2NO4S. The minimum absolute atomic E-state index is 0.0314. The fourth-order valence-corrected chi connectivity index (χ4v) is 3.25. The molecule has 2 N–H and O–H groups in total. The van der Waals surface area contributed by atoms with Crippen molar-refractivity contribution in [2.75, 3.05) is 6.54 Å². The van der Waals surface area contributed by atoms with Gasteiger partial charge in [0.1, 0.15) is 4.90 Å². The molecule has 0 aliphatic heterocycles. The van der Waals surface area contributed by atoms with Crippen LogP contribution in [0.2, 0.25) is 10.0 Å². The molecule has 1 aromatic carbocycles. The number of sulfonamides is 1. The van der Waals surface area contributed by atoms with Crippen LogP contribution >= 0.6 is 23.2 Å². The second-order valence-electron chi connectivity index (χ2n) is 3.82. The molecule has 0 amide bonds. The van der Waals surface area contributed by atoms with E-state index in [9.17, 15) is 13.2 Å². The molecule has 0 atom stereocenters. The zero-order chi connectivity index (χ0) is 14.8. The van der Waals surface area contributed by atoms with Gasteiger partial charge in [-0.25, -0.2) is 17.9 Å². The maximum atomic E-state index is 12.0. The maximum Gasteiger partial charge on any atom is 0.338 e. The van der Waals surface area contributed by atoms with Gasteiger partial charge in [-0.1, -0.05) is 35.4 Å². The van der Waals surface area contributed by atoms with Crippen molar-refractivity contribution in [3.63, 3.8) is 0 Å². The third-order valence-corrected chi connectivity index (χ3v) is 4.39. The van der Waals surface area contributed by atoms with Gasteiger partial charge < -0.3 is 5.11 Å². The summed E-state index contributed by atoms with van der Waals surface area (Å²) in [4.78, 5) is 10.7. The van der Waals surface area contributed by atoms with Crippen molar-refractivity contribution in [3.8, 4) is 0 Å². The highest BCUT2D eigenvalue weighted by Crippen LogP contribution is 2.30. The summed E-state index contributed by atoms with van der Waals surface area (Å²) in [7, 11) is -3.92. The molecule has 0 aromatic heterocycles. The quantitative estimate of drug-likeness (QED) is 0.815. The van der Waals surface area contributed by atoms with Gasteiger partial charge in [-0.3, -0.25) is 0 Å². The Kier molecular flexibility index (Phi) is 4.98.